The van der Waals surface area contributed by atoms with Gasteiger partial charge in [-0.05, 0) is 31.1 Å². The van der Waals surface area contributed by atoms with Gasteiger partial charge in [-0.15, -0.1) is 0 Å². The number of aliphatic hydroxyl groups excluding tert-OH is 1. The molecule has 1 atom stereocenters. The van der Waals surface area contributed by atoms with Gasteiger partial charge in [0.1, 0.15) is 0 Å². The smallest absolute Gasteiger partial charge is 0.225 e. The molecule has 0 aromatic heterocycles. The zero-order valence-corrected chi connectivity index (χ0v) is 15.3. The fourth-order valence-electron chi connectivity index (χ4n) is 3.55. The van der Waals surface area contributed by atoms with Crippen LogP contribution in [0, 0.1) is 17.3 Å². The third-order valence-electron chi connectivity index (χ3n) is 5.59. The lowest BCUT2D eigenvalue weighted by atomic mass is 9.81. The van der Waals surface area contributed by atoms with Crippen molar-refractivity contribution in [1.82, 2.24) is 9.80 Å². The van der Waals surface area contributed by atoms with Gasteiger partial charge in [-0.1, -0.05) is 20.8 Å². The number of nitrogens with zero attached hydrogens (tertiary/aromatic N) is 2. The van der Waals surface area contributed by atoms with Crippen molar-refractivity contribution in [2.75, 3.05) is 32.7 Å². The highest BCUT2D eigenvalue weighted by Gasteiger charge is 2.33. The summed E-state index contributed by atoms with van der Waals surface area (Å²) in [4.78, 5) is 28.1. The second-order valence-electron chi connectivity index (χ2n) is 8.46. The normalized spacial score (nSPS) is 27.8. The van der Waals surface area contributed by atoms with E-state index < -0.39 is 0 Å². The highest BCUT2D eigenvalue weighted by atomic mass is 16.3. The second-order valence-corrected chi connectivity index (χ2v) is 8.46. The number of aliphatic hydroxyl groups is 1. The van der Waals surface area contributed by atoms with Crippen LogP contribution in [0.1, 0.15) is 46.5 Å². The maximum absolute atomic E-state index is 12.7. The first-order chi connectivity index (χ1) is 11.2. The van der Waals surface area contributed by atoms with Crippen molar-refractivity contribution in [1.29, 1.82) is 0 Å². The van der Waals surface area contributed by atoms with Gasteiger partial charge in [-0.25, -0.2) is 0 Å². The molecule has 2 amide bonds. The van der Waals surface area contributed by atoms with Crippen molar-refractivity contribution >= 4 is 11.8 Å². The molecule has 6 nitrogen and oxygen atoms in total. The molecule has 1 aliphatic carbocycles. The second kappa shape index (κ2) is 7.83. The van der Waals surface area contributed by atoms with Crippen LogP contribution >= 0.6 is 0 Å². The first kappa shape index (κ1) is 19.2. The van der Waals surface area contributed by atoms with Crippen LogP contribution in [0.4, 0.5) is 0 Å². The Labute approximate surface area is 145 Å². The number of nitrogens with two attached hydrogens (primary N) is 1. The number of rotatable bonds is 4. The maximum Gasteiger partial charge on any atom is 0.225 e. The lowest BCUT2D eigenvalue weighted by Crippen LogP contribution is -2.53. The van der Waals surface area contributed by atoms with Crippen molar-refractivity contribution in [3.63, 3.8) is 0 Å². The summed E-state index contributed by atoms with van der Waals surface area (Å²) in [6.45, 7) is 9.87. The predicted molar refractivity (Wildman–Crippen MR) is 93.1 cm³/mol. The SMILES string of the molecule is CC(C)(C)[C@H](O)CN1CCN(C(=O)C2CCC(C(N)=O)CC2)CC1. The molecule has 3 N–H and O–H groups in total. The predicted octanol–water partition coefficient (Wildman–Crippen LogP) is 0.829. The quantitative estimate of drug-likeness (QED) is 0.794. The maximum atomic E-state index is 12.7. The number of hydrogen-bond donors (Lipinski definition) is 2. The van der Waals surface area contributed by atoms with Gasteiger partial charge in [0, 0.05) is 44.6 Å². The Morgan fingerprint density at radius 1 is 1.04 bits per heavy atom. The molecular weight excluding hydrogens is 306 g/mol. The van der Waals surface area contributed by atoms with Crippen LogP contribution < -0.4 is 5.73 Å². The third kappa shape index (κ3) is 4.93. The molecule has 0 aromatic rings. The van der Waals surface area contributed by atoms with Gasteiger partial charge in [0.05, 0.1) is 6.10 Å². The van der Waals surface area contributed by atoms with E-state index in [-0.39, 0.29) is 35.2 Å². The van der Waals surface area contributed by atoms with E-state index in [0.717, 1.165) is 51.9 Å². The molecule has 0 aromatic carbocycles. The number of carbonyl (C=O) groups excluding carboxylic acids is 2. The Balaban J connectivity index is 1.76. The summed E-state index contributed by atoms with van der Waals surface area (Å²) in [5.41, 5.74) is 5.24. The molecule has 2 rings (SSSR count). The number of hydrogen-bond acceptors (Lipinski definition) is 4. The van der Waals surface area contributed by atoms with Gasteiger partial charge in [0.2, 0.25) is 11.8 Å². The molecule has 1 saturated heterocycles. The molecule has 0 bridgehead atoms. The Kier molecular flexibility index (Phi) is 6.26. The number of piperazine rings is 1. The van der Waals surface area contributed by atoms with Crippen molar-refractivity contribution in [3.05, 3.63) is 0 Å². The van der Waals surface area contributed by atoms with E-state index in [4.69, 9.17) is 5.73 Å². The van der Waals surface area contributed by atoms with E-state index in [9.17, 15) is 14.7 Å². The molecule has 1 aliphatic heterocycles. The Bertz CT molecular complexity index is 445. The molecule has 2 aliphatic rings. The van der Waals surface area contributed by atoms with E-state index in [0.29, 0.717) is 6.54 Å². The van der Waals surface area contributed by atoms with Gasteiger partial charge < -0.3 is 15.7 Å². The van der Waals surface area contributed by atoms with Gasteiger partial charge in [0.25, 0.3) is 0 Å². The van der Waals surface area contributed by atoms with Crippen LogP contribution in [0.3, 0.4) is 0 Å². The van der Waals surface area contributed by atoms with Crippen LogP contribution in [0.5, 0.6) is 0 Å². The first-order valence-electron chi connectivity index (χ1n) is 9.17. The molecule has 24 heavy (non-hydrogen) atoms. The molecule has 1 heterocycles. The lowest BCUT2D eigenvalue weighted by molar-refractivity contribution is -0.140. The summed E-state index contributed by atoms with van der Waals surface area (Å²) < 4.78 is 0. The highest BCUT2D eigenvalue weighted by molar-refractivity contribution is 5.80. The van der Waals surface area contributed by atoms with Crippen molar-refractivity contribution < 1.29 is 14.7 Å². The van der Waals surface area contributed by atoms with Gasteiger partial charge in [-0.2, -0.15) is 0 Å². The highest BCUT2D eigenvalue weighted by Crippen LogP contribution is 2.30. The molecule has 0 radical (unpaired) electrons. The summed E-state index contributed by atoms with van der Waals surface area (Å²) in [5.74, 6) is -0.00189. The van der Waals surface area contributed by atoms with Crippen LogP contribution in [0.2, 0.25) is 0 Å². The number of carbonyl (C=O) groups is 2. The molecule has 6 heteroatoms. The third-order valence-corrected chi connectivity index (χ3v) is 5.59. The van der Waals surface area contributed by atoms with E-state index in [1.807, 2.05) is 25.7 Å². The standard InChI is InChI=1S/C18H33N3O3/c1-18(2,3)15(22)12-20-8-10-21(11-9-20)17(24)14-6-4-13(5-7-14)16(19)23/h13-15,22H,4-12H2,1-3H3,(H2,19,23)/t13?,14?,15-/m1/s1. The fraction of sp³-hybridized carbons (Fsp3) is 0.889. The zero-order valence-electron chi connectivity index (χ0n) is 15.3. The molecular formula is C18H33N3O3. The Morgan fingerprint density at radius 2 is 1.54 bits per heavy atom. The first-order valence-corrected chi connectivity index (χ1v) is 9.17. The largest absolute Gasteiger partial charge is 0.391 e. The minimum atomic E-state index is -0.358. The minimum Gasteiger partial charge on any atom is -0.391 e. The van der Waals surface area contributed by atoms with Gasteiger partial charge >= 0.3 is 0 Å². The molecule has 1 saturated carbocycles. The van der Waals surface area contributed by atoms with Crippen LogP contribution in [0.15, 0.2) is 0 Å². The average Bonchev–Trinajstić information content (AvgIpc) is 2.54. The van der Waals surface area contributed by atoms with E-state index in [2.05, 4.69) is 4.90 Å². The average molecular weight is 339 g/mol. The van der Waals surface area contributed by atoms with E-state index in [1.54, 1.807) is 0 Å². The lowest BCUT2D eigenvalue weighted by Gasteiger charge is -2.39. The van der Waals surface area contributed by atoms with Crippen molar-refractivity contribution in [2.24, 2.45) is 23.0 Å². The number of β-amino-alcohol motifs (C(OH)–C–C–N with tert-alkyl or cyclic N) is 1. The molecule has 0 spiro atoms. The monoisotopic (exact) mass is 339 g/mol. The minimum absolute atomic E-state index is 0.0484. The molecule has 0 unspecified atom stereocenters. The summed E-state index contributed by atoms with van der Waals surface area (Å²) in [6.07, 6.45) is 2.67. The van der Waals surface area contributed by atoms with Gasteiger partial charge in [0.15, 0.2) is 0 Å². The van der Waals surface area contributed by atoms with Crippen molar-refractivity contribution in [2.45, 2.75) is 52.6 Å². The van der Waals surface area contributed by atoms with E-state index in [1.165, 1.54) is 0 Å². The summed E-state index contributed by atoms with van der Waals surface area (Å²) >= 11 is 0. The Morgan fingerprint density at radius 3 is 2.00 bits per heavy atom. The fourth-order valence-corrected chi connectivity index (χ4v) is 3.55. The van der Waals surface area contributed by atoms with Crippen molar-refractivity contribution in [3.8, 4) is 0 Å². The summed E-state index contributed by atoms with van der Waals surface area (Å²) in [6, 6.07) is 0. The van der Waals surface area contributed by atoms with Crippen LogP contribution in [-0.4, -0.2) is 65.5 Å². The van der Waals surface area contributed by atoms with Gasteiger partial charge in [-0.3, -0.25) is 14.5 Å². The number of primary amides is 1. The van der Waals surface area contributed by atoms with E-state index >= 15 is 0 Å². The molecule has 2 fully saturated rings. The zero-order chi connectivity index (χ0) is 17.9. The summed E-state index contributed by atoms with van der Waals surface area (Å²) in [7, 11) is 0. The summed E-state index contributed by atoms with van der Waals surface area (Å²) in [5, 5.41) is 10.2. The van der Waals surface area contributed by atoms with Crippen LogP contribution in [-0.2, 0) is 9.59 Å². The Hall–Kier alpha value is -1.14. The molecule has 138 valence electrons. The van der Waals surface area contributed by atoms with Crippen LogP contribution in [0.25, 0.3) is 0 Å². The number of amides is 2. The topological polar surface area (TPSA) is 86.9 Å².